The van der Waals surface area contributed by atoms with Crippen LogP contribution in [0.5, 0.6) is 5.75 Å². The molecule has 8 rings (SSSR count). The molecule has 3 aliphatic carbocycles. The quantitative estimate of drug-likeness (QED) is 0.233. The Morgan fingerprint density at radius 2 is 1.59 bits per heavy atom. The Morgan fingerprint density at radius 1 is 0.848 bits per heavy atom. The lowest BCUT2D eigenvalue weighted by molar-refractivity contribution is -0.144. The van der Waals surface area contributed by atoms with Crippen molar-refractivity contribution in [2.45, 2.75) is 51.1 Å². The van der Waals surface area contributed by atoms with Crippen LogP contribution in [0.2, 0.25) is 0 Å². The molecule has 0 aromatic heterocycles. The van der Waals surface area contributed by atoms with Crippen LogP contribution in [0, 0.1) is 17.8 Å². The summed E-state index contributed by atoms with van der Waals surface area (Å²) >= 11 is 0. The molecular weight excluding hydrogens is 576 g/mol. The van der Waals surface area contributed by atoms with E-state index in [-0.39, 0.29) is 41.6 Å². The molecule has 4 atom stereocenters. The van der Waals surface area contributed by atoms with Gasteiger partial charge in [-0.3, -0.25) is 29.0 Å². The fraction of sp³-hybridized carbons (Fsp3) is 0.333. The average Bonchev–Trinajstić information content (AvgIpc) is 3.33. The topological polar surface area (TPSA) is 95.0 Å². The molecule has 2 aliphatic heterocycles. The molecule has 2 fully saturated rings. The predicted octanol–water partition coefficient (Wildman–Crippen LogP) is 5.64. The number of nitrogens with zero attached hydrogens (tertiary/aromatic N) is 2. The zero-order valence-corrected chi connectivity index (χ0v) is 25.8. The second-order valence-electron chi connectivity index (χ2n) is 13.5. The van der Waals surface area contributed by atoms with E-state index < -0.39 is 23.7 Å². The predicted molar refractivity (Wildman–Crippen MR) is 174 cm³/mol. The number of carbonyl (C=O) groups is 4. The van der Waals surface area contributed by atoms with Gasteiger partial charge < -0.3 is 5.11 Å². The van der Waals surface area contributed by atoms with Crippen LogP contribution in [-0.2, 0) is 25.7 Å². The molecule has 46 heavy (non-hydrogen) atoms. The second kappa shape index (κ2) is 11.0. The van der Waals surface area contributed by atoms with Gasteiger partial charge in [0, 0.05) is 59.3 Å². The van der Waals surface area contributed by atoms with E-state index in [2.05, 4.69) is 17.0 Å². The molecule has 3 aromatic rings. The number of imide groups is 1. The molecule has 1 N–H and O–H groups in total. The fourth-order valence-electron chi connectivity index (χ4n) is 8.78. The summed E-state index contributed by atoms with van der Waals surface area (Å²) in [5, 5.41) is 13.1. The van der Waals surface area contributed by atoms with Crippen LogP contribution in [0.3, 0.4) is 0 Å². The van der Waals surface area contributed by atoms with Gasteiger partial charge in [0.1, 0.15) is 5.75 Å². The zero-order chi connectivity index (χ0) is 31.7. The first kappa shape index (κ1) is 28.8. The van der Waals surface area contributed by atoms with E-state index >= 15 is 0 Å². The Kier molecular flexibility index (Phi) is 6.91. The third kappa shape index (κ3) is 4.43. The van der Waals surface area contributed by atoms with Crippen molar-refractivity contribution in [2.75, 3.05) is 13.1 Å². The number of allylic oxidation sites excluding steroid dienone is 6. The molecule has 0 bridgehead atoms. The molecule has 0 spiro atoms. The number of carbonyl (C=O) groups excluding carboxylic acids is 4. The smallest absolute Gasteiger partial charge is 0.233 e. The molecule has 0 radical (unpaired) electrons. The van der Waals surface area contributed by atoms with Crippen LogP contribution < -0.4 is 0 Å². The lowest BCUT2D eigenvalue weighted by atomic mass is 9.59. The van der Waals surface area contributed by atoms with E-state index in [0.717, 1.165) is 43.4 Å². The van der Waals surface area contributed by atoms with Crippen LogP contribution in [0.4, 0.5) is 0 Å². The van der Waals surface area contributed by atoms with Crippen molar-refractivity contribution < 1.29 is 24.3 Å². The maximum Gasteiger partial charge on any atom is 0.233 e. The van der Waals surface area contributed by atoms with Gasteiger partial charge in [-0.1, -0.05) is 78.4 Å². The van der Waals surface area contributed by atoms with Crippen molar-refractivity contribution in [1.29, 1.82) is 0 Å². The Morgan fingerprint density at radius 3 is 2.37 bits per heavy atom. The van der Waals surface area contributed by atoms with Crippen molar-refractivity contribution in [3.05, 3.63) is 112 Å². The number of likely N-dealkylation sites (tertiary alicyclic amines) is 2. The third-order valence-corrected chi connectivity index (χ3v) is 11.0. The number of phenols is 1. The maximum absolute atomic E-state index is 14.4. The number of hydrogen-bond acceptors (Lipinski definition) is 6. The van der Waals surface area contributed by atoms with Gasteiger partial charge in [-0.15, -0.1) is 0 Å². The van der Waals surface area contributed by atoms with E-state index in [4.69, 9.17) is 0 Å². The summed E-state index contributed by atoms with van der Waals surface area (Å²) in [5.41, 5.74) is 3.84. The van der Waals surface area contributed by atoms with Gasteiger partial charge in [0.05, 0.1) is 11.8 Å². The van der Waals surface area contributed by atoms with Crippen molar-refractivity contribution in [3.8, 4) is 5.75 Å². The SMILES string of the molecule is CC1=CC(=O)C2=C(C1=O)C(c1ccc3ccccc3c1O)C1=CCC3C(=O)N(C4CCN(Cc5ccccc5)CC4)C(=O)C3C1C2. The Bertz CT molecular complexity index is 1910. The highest BCUT2D eigenvalue weighted by molar-refractivity contribution is 6.24. The zero-order valence-electron chi connectivity index (χ0n) is 25.8. The van der Waals surface area contributed by atoms with Crippen LogP contribution in [0.25, 0.3) is 10.8 Å². The van der Waals surface area contributed by atoms with Crippen LogP contribution in [-0.4, -0.2) is 57.4 Å². The largest absolute Gasteiger partial charge is 0.507 e. The van der Waals surface area contributed by atoms with E-state index in [1.807, 2.05) is 60.7 Å². The summed E-state index contributed by atoms with van der Waals surface area (Å²) in [6.07, 6.45) is 5.52. The second-order valence-corrected chi connectivity index (χ2v) is 13.5. The minimum Gasteiger partial charge on any atom is -0.507 e. The standard InChI is InChI=1S/C39H36N2O5/c1-22-19-32(42)31-20-30-27(33(35(31)36(22)43)28-12-11-24-9-5-6-10-26(24)37(28)44)13-14-29-34(30)39(46)41(38(29)45)25-15-17-40(18-16-25)21-23-7-3-2-4-8-23/h2-13,19,25,29-30,33-34,44H,14-18,20-21H2,1H3. The molecule has 7 nitrogen and oxygen atoms in total. The molecule has 232 valence electrons. The Balaban J connectivity index is 1.13. The Hall–Kier alpha value is -4.62. The van der Waals surface area contributed by atoms with Crippen molar-refractivity contribution >= 4 is 34.2 Å². The van der Waals surface area contributed by atoms with Crippen LogP contribution in [0.15, 0.2) is 101 Å². The molecule has 2 saturated heterocycles. The number of ketones is 2. The summed E-state index contributed by atoms with van der Waals surface area (Å²) in [4.78, 5) is 59.5. The Labute approximate surface area is 267 Å². The van der Waals surface area contributed by atoms with Gasteiger partial charge in [-0.05, 0) is 55.6 Å². The van der Waals surface area contributed by atoms with Crippen LogP contribution in [0.1, 0.15) is 49.7 Å². The molecular formula is C39H36N2O5. The fourth-order valence-corrected chi connectivity index (χ4v) is 8.78. The number of piperidine rings is 1. The summed E-state index contributed by atoms with van der Waals surface area (Å²) in [7, 11) is 0. The first-order chi connectivity index (χ1) is 22.3. The minimum absolute atomic E-state index is 0.0730. The molecule has 2 amide bonds. The highest BCUT2D eigenvalue weighted by Crippen LogP contribution is 2.57. The minimum atomic E-state index is -0.669. The lowest BCUT2D eigenvalue weighted by Gasteiger charge is -2.42. The number of phenolic OH excluding ortho intramolecular Hbond substituents is 1. The summed E-state index contributed by atoms with van der Waals surface area (Å²) < 4.78 is 0. The van der Waals surface area contributed by atoms with Gasteiger partial charge >= 0.3 is 0 Å². The molecule has 4 unspecified atom stereocenters. The molecule has 7 heteroatoms. The lowest BCUT2D eigenvalue weighted by Crippen LogP contribution is -2.47. The average molecular weight is 613 g/mol. The number of rotatable bonds is 4. The molecule has 0 saturated carbocycles. The summed E-state index contributed by atoms with van der Waals surface area (Å²) in [6, 6.07) is 21.5. The maximum atomic E-state index is 14.4. The van der Waals surface area contributed by atoms with E-state index in [1.165, 1.54) is 11.6 Å². The third-order valence-electron chi connectivity index (χ3n) is 11.0. The number of aromatic hydroxyl groups is 1. The number of benzene rings is 3. The van der Waals surface area contributed by atoms with Gasteiger partial charge in [-0.25, -0.2) is 0 Å². The van der Waals surface area contributed by atoms with Gasteiger partial charge in [0.2, 0.25) is 11.8 Å². The number of fused-ring (bicyclic) bond motifs is 4. The first-order valence-electron chi connectivity index (χ1n) is 16.4. The number of Topliss-reactive ketones (excluding diaryl/α,β-unsaturated/α-hetero) is 1. The molecule has 5 aliphatic rings. The van der Waals surface area contributed by atoms with Crippen molar-refractivity contribution in [2.24, 2.45) is 17.8 Å². The summed E-state index contributed by atoms with van der Waals surface area (Å²) in [5.74, 6) is -2.77. The van der Waals surface area contributed by atoms with E-state index in [1.54, 1.807) is 11.8 Å². The van der Waals surface area contributed by atoms with Crippen molar-refractivity contribution in [1.82, 2.24) is 9.80 Å². The molecule has 3 aromatic carbocycles. The van der Waals surface area contributed by atoms with Gasteiger partial charge in [0.25, 0.3) is 0 Å². The van der Waals surface area contributed by atoms with Gasteiger partial charge in [0.15, 0.2) is 11.6 Å². The summed E-state index contributed by atoms with van der Waals surface area (Å²) in [6.45, 7) is 4.11. The van der Waals surface area contributed by atoms with Crippen LogP contribution >= 0.6 is 0 Å². The van der Waals surface area contributed by atoms with E-state index in [9.17, 15) is 24.3 Å². The van der Waals surface area contributed by atoms with E-state index in [0.29, 0.717) is 34.1 Å². The van der Waals surface area contributed by atoms with Crippen molar-refractivity contribution in [3.63, 3.8) is 0 Å². The monoisotopic (exact) mass is 612 g/mol. The number of hydrogen-bond donors (Lipinski definition) is 1. The number of amides is 2. The highest BCUT2D eigenvalue weighted by Gasteiger charge is 2.57. The molecule has 2 heterocycles. The highest BCUT2D eigenvalue weighted by atomic mass is 16.3. The van der Waals surface area contributed by atoms with Gasteiger partial charge in [-0.2, -0.15) is 0 Å². The normalized spacial score (nSPS) is 27.0. The first-order valence-corrected chi connectivity index (χ1v) is 16.4.